The summed E-state index contributed by atoms with van der Waals surface area (Å²) in [7, 11) is -2.95. The Morgan fingerprint density at radius 2 is 2.11 bits per heavy atom. The van der Waals surface area contributed by atoms with E-state index in [1.807, 2.05) is 18.2 Å². The molecule has 2 heterocycles. The molecule has 6 heteroatoms. The molecule has 2 fully saturated rings. The predicted molar refractivity (Wildman–Crippen MR) is 72.8 cm³/mol. The fourth-order valence-electron chi connectivity index (χ4n) is 2.91. The van der Waals surface area contributed by atoms with E-state index in [1.165, 1.54) is 0 Å². The number of hydrogen-bond donors (Lipinski definition) is 0. The lowest BCUT2D eigenvalue weighted by Crippen LogP contribution is -2.44. The molecule has 1 aromatic rings. The van der Waals surface area contributed by atoms with Crippen LogP contribution in [-0.4, -0.2) is 42.8 Å². The minimum atomic E-state index is -2.95. The van der Waals surface area contributed by atoms with Gasteiger partial charge in [-0.3, -0.25) is 4.79 Å². The van der Waals surface area contributed by atoms with Crippen LogP contribution in [0, 0.1) is 0 Å². The van der Waals surface area contributed by atoms with Gasteiger partial charge in [-0.15, -0.1) is 0 Å². The van der Waals surface area contributed by atoms with Crippen molar-refractivity contribution in [1.29, 1.82) is 0 Å². The molecule has 0 N–H and O–H groups in total. The van der Waals surface area contributed by atoms with E-state index in [0.717, 1.165) is 5.56 Å². The van der Waals surface area contributed by atoms with Gasteiger partial charge in [-0.2, -0.15) is 0 Å². The first-order valence-corrected chi connectivity index (χ1v) is 8.31. The fraction of sp³-hybridized carbons (Fsp3) is 0.462. The molecule has 0 radical (unpaired) electrons. The van der Waals surface area contributed by atoms with Crippen LogP contribution in [-0.2, 0) is 21.1 Å². The molecular weight excluding hydrogens is 286 g/mol. The Kier molecular flexibility index (Phi) is 3.06. The summed E-state index contributed by atoms with van der Waals surface area (Å²) in [4.78, 5) is 13.9. The smallest absolute Gasteiger partial charge is 0.227 e. The summed E-state index contributed by atoms with van der Waals surface area (Å²) < 4.78 is 23.3. The first kappa shape index (κ1) is 12.9. The van der Waals surface area contributed by atoms with Crippen LogP contribution in [0.3, 0.4) is 0 Å². The van der Waals surface area contributed by atoms with Gasteiger partial charge in [0, 0.05) is 17.6 Å². The average Bonchev–Trinajstić information content (AvgIpc) is 2.87. The fourth-order valence-corrected chi connectivity index (χ4v) is 5.14. The van der Waals surface area contributed by atoms with Crippen molar-refractivity contribution in [3.63, 3.8) is 0 Å². The second kappa shape index (κ2) is 4.49. The van der Waals surface area contributed by atoms with Crippen LogP contribution in [0.2, 0.25) is 5.02 Å². The third-order valence-electron chi connectivity index (χ3n) is 3.93. The van der Waals surface area contributed by atoms with Crippen LogP contribution in [0.4, 0.5) is 0 Å². The molecular formula is C13H14ClNO3S. The predicted octanol–water partition coefficient (Wildman–Crippen LogP) is 1.28. The molecule has 0 saturated carbocycles. The van der Waals surface area contributed by atoms with Gasteiger partial charge >= 0.3 is 0 Å². The number of halogens is 1. The van der Waals surface area contributed by atoms with Crippen molar-refractivity contribution >= 4 is 27.3 Å². The molecule has 1 aromatic carbocycles. The van der Waals surface area contributed by atoms with Crippen molar-refractivity contribution in [2.24, 2.45) is 0 Å². The Hall–Kier alpha value is -1.07. The minimum absolute atomic E-state index is 0.0319. The first-order valence-electron chi connectivity index (χ1n) is 6.22. The zero-order valence-electron chi connectivity index (χ0n) is 10.3. The van der Waals surface area contributed by atoms with Crippen molar-refractivity contribution < 1.29 is 13.2 Å². The lowest BCUT2D eigenvalue weighted by atomic mass is 10.1. The van der Waals surface area contributed by atoms with E-state index in [-0.39, 0.29) is 29.4 Å². The Balaban J connectivity index is 1.73. The summed E-state index contributed by atoms with van der Waals surface area (Å²) in [5.74, 6) is 0.0850. The molecule has 3 rings (SSSR count). The van der Waals surface area contributed by atoms with Crippen molar-refractivity contribution in [3.8, 4) is 0 Å². The van der Waals surface area contributed by atoms with Crippen LogP contribution in [0.25, 0.3) is 0 Å². The topological polar surface area (TPSA) is 54.5 Å². The van der Waals surface area contributed by atoms with Crippen molar-refractivity contribution in [1.82, 2.24) is 4.90 Å². The van der Waals surface area contributed by atoms with E-state index < -0.39 is 9.84 Å². The van der Waals surface area contributed by atoms with Gasteiger partial charge in [0.25, 0.3) is 0 Å². The molecule has 0 aliphatic carbocycles. The standard InChI is InChI=1S/C13H14ClNO3S/c14-12-4-2-1-3-9(12)5-13(16)15-7-11-6-10(15)8-19(11,17)18/h1-4,10-11H,5-8H2. The molecule has 102 valence electrons. The summed E-state index contributed by atoms with van der Waals surface area (Å²) >= 11 is 6.03. The largest absolute Gasteiger partial charge is 0.337 e. The SMILES string of the molecule is O=C(Cc1ccccc1Cl)N1CC2CC1CS2(=O)=O. The second-order valence-corrected chi connectivity index (χ2v) is 7.89. The third kappa shape index (κ3) is 2.25. The highest BCUT2D eigenvalue weighted by atomic mass is 35.5. The zero-order chi connectivity index (χ0) is 13.6. The zero-order valence-corrected chi connectivity index (χ0v) is 11.8. The molecule has 0 spiro atoms. The molecule has 2 unspecified atom stereocenters. The summed E-state index contributed by atoms with van der Waals surface area (Å²) in [6, 6.07) is 7.11. The molecule has 2 bridgehead atoms. The molecule has 2 atom stereocenters. The van der Waals surface area contributed by atoms with Crippen LogP contribution in [0.1, 0.15) is 12.0 Å². The van der Waals surface area contributed by atoms with E-state index >= 15 is 0 Å². The van der Waals surface area contributed by atoms with Crippen molar-refractivity contribution in [2.45, 2.75) is 24.1 Å². The molecule has 2 aliphatic rings. The van der Waals surface area contributed by atoms with Crippen molar-refractivity contribution in [2.75, 3.05) is 12.3 Å². The first-order chi connectivity index (χ1) is 8.97. The van der Waals surface area contributed by atoms with Gasteiger partial charge in [0.15, 0.2) is 9.84 Å². The Bertz CT molecular complexity index is 629. The molecule has 2 aliphatic heterocycles. The quantitative estimate of drug-likeness (QED) is 0.826. The number of benzene rings is 1. The van der Waals surface area contributed by atoms with Gasteiger partial charge < -0.3 is 4.90 Å². The van der Waals surface area contributed by atoms with Crippen LogP contribution in [0.5, 0.6) is 0 Å². The Labute approximate surface area is 117 Å². The summed E-state index contributed by atoms with van der Waals surface area (Å²) in [6.07, 6.45) is 0.833. The highest BCUT2D eigenvalue weighted by Crippen LogP contribution is 2.33. The summed E-state index contributed by atoms with van der Waals surface area (Å²) in [5, 5.41) is 0.223. The number of sulfone groups is 1. The number of hydrogen-bond acceptors (Lipinski definition) is 3. The molecule has 1 amide bonds. The lowest BCUT2D eigenvalue weighted by molar-refractivity contribution is -0.131. The summed E-state index contributed by atoms with van der Waals surface area (Å²) in [6.45, 7) is 0.344. The number of rotatable bonds is 2. The van der Waals surface area contributed by atoms with E-state index in [9.17, 15) is 13.2 Å². The highest BCUT2D eigenvalue weighted by Gasteiger charge is 2.49. The number of likely N-dealkylation sites (tertiary alicyclic amines) is 1. The monoisotopic (exact) mass is 299 g/mol. The van der Waals surface area contributed by atoms with E-state index in [4.69, 9.17) is 11.6 Å². The molecule has 0 aromatic heterocycles. The molecule has 2 saturated heterocycles. The van der Waals surface area contributed by atoms with Crippen LogP contribution < -0.4 is 0 Å². The van der Waals surface area contributed by atoms with Gasteiger partial charge in [0.05, 0.1) is 17.4 Å². The van der Waals surface area contributed by atoms with E-state index in [0.29, 0.717) is 18.0 Å². The second-order valence-electron chi connectivity index (χ2n) is 5.16. The van der Waals surface area contributed by atoms with E-state index in [2.05, 4.69) is 0 Å². The molecule has 19 heavy (non-hydrogen) atoms. The summed E-state index contributed by atoms with van der Waals surface area (Å²) in [5.41, 5.74) is 0.791. The lowest BCUT2D eigenvalue weighted by Gasteiger charge is -2.27. The van der Waals surface area contributed by atoms with E-state index in [1.54, 1.807) is 11.0 Å². The third-order valence-corrected chi connectivity index (χ3v) is 6.50. The van der Waals surface area contributed by atoms with Crippen LogP contribution in [0.15, 0.2) is 24.3 Å². The normalized spacial score (nSPS) is 27.7. The maximum Gasteiger partial charge on any atom is 0.227 e. The van der Waals surface area contributed by atoms with Gasteiger partial charge in [0.2, 0.25) is 5.91 Å². The Morgan fingerprint density at radius 1 is 1.37 bits per heavy atom. The Morgan fingerprint density at radius 3 is 2.68 bits per heavy atom. The number of carbonyl (C=O) groups is 1. The van der Waals surface area contributed by atoms with Gasteiger partial charge in [-0.05, 0) is 18.1 Å². The number of carbonyl (C=O) groups excluding carboxylic acids is 1. The minimum Gasteiger partial charge on any atom is -0.337 e. The van der Waals surface area contributed by atoms with Crippen molar-refractivity contribution in [3.05, 3.63) is 34.9 Å². The molecule has 4 nitrogen and oxygen atoms in total. The number of nitrogens with zero attached hydrogens (tertiary/aromatic N) is 1. The highest BCUT2D eigenvalue weighted by molar-refractivity contribution is 7.92. The van der Waals surface area contributed by atoms with Gasteiger partial charge in [-0.1, -0.05) is 29.8 Å². The number of amides is 1. The van der Waals surface area contributed by atoms with Gasteiger partial charge in [0.1, 0.15) is 0 Å². The van der Waals surface area contributed by atoms with Crippen LogP contribution >= 0.6 is 11.6 Å². The maximum absolute atomic E-state index is 12.2. The van der Waals surface area contributed by atoms with Gasteiger partial charge in [-0.25, -0.2) is 8.42 Å². The maximum atomic E-state index is 12.2. The average molecular weight is 300 g/mol. The number of fused-ring (bicyclic) bond motifs is 2.